The fourth-order valence-electron chi connectivity index (χ4n) is 2.75. The van der Waals surface area contributed by atoms with Crippen molar-refractivity contribution in [1.29, 1.82) is 0 Å². The van der Waals surface area contributed by atoms with E-state index in [1.165, 1.54) is 6.20 Å². The van der Waals surface area contributed by atoms with Gasteiger partial charge in [0.15, 0.2) is 0 Å². The molecule has 6 nitrogen and oxygen atoms in total. The lowest BCUT2D eigenvalue weighted by molar-refractivity contribution is 0.0710. The number of benzene rings is 1. The molecule has 2 aromatic heterocycles. The Bertz CT molecular complexity index is 912. The second-order valence-electron chi connectivity index (χ2n) is 6.55. The van der Waals surface area contributed by atoms with Crippen LogP contribution >= 0.6 is 0 Å². The molecule has 3 rings (SSSR count). The van der Waals surface area contributed by atoms with Gasteiger partial charge in [-0.25, -0.2) is 0 Å². The standard InChI is InChI=1S/C20H21N3O3/c1-14(2)12-23(13-17-4-3-9-26-17)20(25)16-7-5-15(6-8-16)18-10-21-11-19(24)22-18/h3-11,14H,12-13H2,1-2H3,(H,22,24). The molecule has 1 amide bonds. The van der Waals surface area contributed by atoms with E-state index in [2.05, 4.69) is 23.8 Å². The molecule has 0 atom stereocenters. The normalized spacial score (nSPS) is 10.9. The number of furan rings is 1. The number of H-pyrrole nitrogens is 1. The smallest absolute Gasteiger partial charge is 0.266 e. The minimum absolute atomic E-state index is 0.0543. The Hall–Kier alpha value is -3.15. The van der Waals surface area contributed by atoms with Gasteiger partial charge >= 0.3 is 0 Å². The van der Waals surface area contributed by atoms with E-state index in [4.69, 9.17) is 4.42 Å². The molecule has 6 heteroatoms. The van der Waals surface area contributed by atoms with Gasteiger partial charge in [-0.2, -0.15) is 0 Å². The predicted molar refractivity (Wildman–Crippen MR) is 98.6 cm³/mol. The number of nitrogens with one attached hydrogen (secondary N) is 1. The Labute approximate surface area is 151 Å². The van der Waals surface area contributed by atoms with E-state index in [-0.39, 0.29) is 11.5 Å². The molecule has 1 aromatic carbocycles. The first-order chi connectivity index (χ1) is 12.5. The molecular weight excluding hydrogens is 330 g/mol. The first-order valence-electron chi connectivity index (χ1n) is 8.49. The van der Waals surface area contributed by atoms with Gasteiger partial charge in [-0.15, -0.1) is 0 Å². The molecule has 26 heavy (non-hydrogen) atoms. The summed E-state index contributed by atoms with van der Waals surface area (Å²) in [6.07, 6.45) is 4.41. The SMILES string of the molecule is CC(C)CN(Cc1ccco1)C(=O)c1ccc(-c2cncc(=O)[nH]2)cc1. The molecule has 0 fully saturated rings. The van der Waals surface area contributed by atoms with Crippen LogP contribution in [0.1, 0.15) is 30.0 Å². The molecule has 0 saturated heterocycles. The highest BCUT2D eigenvalue weighted by molar-refractivity contribution is 5.94. The quantitative estimate of drug-likeness (QED) is 0.739. The van der Waals surface area contributed by atoms with E-state index in [1.807, 2.05) is 12.1 Å². The Morgan fingerprint density at radius 3 is 2.58 bits per heavy atom. The average molecular weight is 351 g/mol. The summed E-state index contributed by atoms with van der Waals surface area (Å²) in [5.41, 5.74) is 1.75. The van der Waals surface area contributed by atoms with Crippen molar-refractivity contribution in [3.63, 3.8) is 0 Å². The number of carbonyl (C=O) groups is 1. The monoisotopic (exact) mass is 351 g/mol. The Morgan fingerprint density at radius 1 is 1.19 bits per heavy atom. The van der Waals surface area contributed by atoms with Crippen LogP contribution in [-0.4, -0.2) is 27.3 Å². The zero-order valence-corrected chi connectivity index (χ0v) is 14.8. The lowest BCUT2D eigenvalue weighted by atomic mass is 10.1. The first kappa shape index (κ1) is 17.7. The summed E-state index contributed by atoms with van der Waals surface area (Å²) >= 11 is 0. The minimum atomic E-state index is -0.260. The number of amides is 1. The highest BCUT2D eigenvalue weighted by Gasteiger charge is 2.18. The van der Waals surface area contributed by atoms with Gasteiger partial charge in [0.2, 0.25) is 0 Å². The van der Waals surface area contributed by atoms with Crippen molar-refractivity contribution in [2.75, 3.05) is 6.54 Å². The van der Waals surface area contributed by atoms with Crippen LogP contribution in [0.4, 0.5) is 0 Å². The highest BCUT2D eigenvalue weighted by Crippen LogP contribution is 2.18. The van der Waals surface area contributed by atoms with Crippen molar-refractivity contribution in [2.24, 2.45) is 5.92 Å². The predicted octanol–water partition coefficient (Wildman–Crippen LogP) is 3.33. The van der Waals surface area contributed by atoms with E-state index in [9.17, 15) is 9.59 Å². The van der Waals surface area contributed by atoms with E-state index >= 15 is 0 Å². The Balaban J connectivity index is 1.81. The molecule has 0 saturated carbocycles. The topological polar surface area (TPSA) is 79.2 Å². The molecule has 0 radical (unpaired) electrons. The van der Waals surface area contributed by atoms with Crippen LogP contribution in [-0.2, 0) is 6.54 Å². The molecular formula is C20H21N3O3. The second kappa shape index (κ2) is 7.82. The third kappa shape index (κ3) is 4.27. The van der Waals surface area contributed by atoms with Crippen LogP contribution in [0.25, 0.3) is 11.3 Å². The van der Waals surface area contributed by atoms with E-state index < -0.39 is 0 Å². The largest absolute Gasteiger partial charge is 0.467 e. The third-order valence-corrected chi connectivity index (χ3v) is 3.90. The number of nitrogens with zero attached hydrogens (tertiary/aromatic N) is 2. The maximum atomic E-state index is 12.9. The summed E-state index contributed by atoms with van der Waals surface area (Å²) in [7, 11) is 0. The number of carbonyl (C=O) groups excluding carboxylic acids is 1. The van der Waals surface area contributed by atoms with Gasteiger partial charge in [-0.3, -0.25) is 14.6 Å². The van der Waals surface area contributed by atoms with E-state index in [0.717, 1.165) is 11.3 Å². The highest BCUT2D eigenvalue weighted by atomic mass is 16.3. The molecule has 0 aliphatic rings. The fourth-order valence-corrected chi connectivity index (χ4v) is 2.75. The van der Waals surface area contributed by atoms with Crippen LogP contribution < -0.4 is 5.56 Å². The molecule has 2 heterocycles. The summed E-state index contributed by atoms with van der Waals surface area (Å²) in [5, 5.41) is 0. The van der Waals surface area contributed by atoms with Gasteiger partial charge in [0.1, 0.15) is 5.76 Å². The van der Waals surface area contributed by atoms with Gasteiger partial charge in [0, 0.05) is 12.1 Å². The molecule has 0 bridgehead atoms. The lowest BCUT2D eigenvalue weighted by Crippen LogP contribution is -2.33. The molecule has 0 spiro atoms. The molecule has 134 valence electrons. The summed E-state index contributed by atoms with van der Waals surface area (Å²) in [4.78, 5) is 32.7. The number of rotatable bonds is 6. The number of aromatic amines is 1. The van der Waals surface area contributed by atoms with Crippen molar-refractivity contribution >= 4 is 5.91 Å². The average Bonchev–Trinajstić information content (AvgIpc) is 3.13. The molecule has 0 unspecified atom stereocenters. The molecule has 3 aromatic rings. The van der Waals surface area contributed by atoms with Gasteiger partial charge in [-0.05, 0) is 35.7 Å². The van der Waals surface area contributed by atoms with Crippen molar-refractivity contribution in [1.82, 2.24) is 14.9 Å². The lowest BCUT2D eigenvalue weighted by Gasteiger charge is -2.24. The minimum Gasteiger partial charge on any atom is -0.467 e. The van der Waals surface area contributed by atoms with E-state index in [0.29, 0.717) is 30.3 Å². The number of hydrogen-bond acceptors (Lipinski definition) is 4. The zero-order valence-electron chi connectivity index (χ0n) is 14.8. The van der Waals surface area contributed by atoms with Gasteiger partial charge in [0.25, 0.3) is 11.5 Å². The number of aromatic nitrogens is 2. The molecule has 1 N–H and O–H groups in total. The maximum absolute atomic E-state index is 12.9. The summed E-state index contributed by atoms with van der Waals surface area (Å²) in [6, 6.07) is 10.8. The maximum Gasteiger partial charge on any atom is 0.266 e. The fraction of sp³-hybridized carbons (Fsp3) is 0.250. The van der Waals surface area contributed by atoms with Crippen LogP contribution in [0.15, 0.2) is 64.3 Å². The third-order valence-electron chi connectivity index (χ3n) is 3.90. The van der Waals surface area contributed by atoms with Crippen LogP contribution in [0.3, 0.4) is 0 Å². The molecule has 0 aliphatic heterocycles. The van der Waals surface area contributed by atoms with Gasteiger partial charge in [0.05, 0.1) is 30.9 Å². The van der Waals surface area contributed by atoms with Crippen LogP contribution in [0, 0.1) is 5.92 Å². The van der Waals surface area contributed by atoms with Crippen molar-refractivity contribution < 1.29 is 9.21 Å². The van der Waals surface area contributed by atoms with Crippen molar-refractivity contribution in [3.8, 4) is 11.3 Å². The Kier molecular flexibility index (Phi) is 5.31. The van der Waals surface area contributed by atoms with Crippen LogP contribution in [0.2, 0.25) is 0 Å². The summed E-state index contributed by atoms with van der Waals surface area (Å²) in [5.74, 6) is 1.04. The van der Waals surface area contributed by atoms with E-state index in [1.54, 1.807) is 41.6 Å². The van der Waals surface area contributed by atoms with Crippen molar-refractivity contribution in [2.45, 2.75) is 20.4 Å². The van der Waals surface area contributed by atoms with Crippen LogP contribution in [0.5, 0.6) is 0 Å². The number of hydrogen-bond donors (Lipinski definition) is 1. The summed E-state index contributed by atoms with van der Waals surface area (Å²) < 4.78 is 5.39. The first-order valence-corrected chi connectivity index (χ1v) is 8.49. The summed E-state index contributed by atoms with van der Waals surface area (Å²) in [6.45, 7) is 5.22. The second-order valence-corrected chi connectivity index (χ2v) is 6.55. The Morgan fingerprint density at radius 2 is 1.96 bits per heavy atom. The molecule has 0 aliphatic carbocycles. The van der Waals surface area contributed by atoms with Gasteiger partial charge in [-0.1, -0.05) is 26.0 Å². The zero-order chi connectivity index (χ0) is 18.5. The van der Waals surface area contributed by atoms with Gasteiger partial charge < -0.3 is 14.3 Å². The van der Waals surface area contributed by atoms with Crippen molar-refractivity contribution in [3.05, 3.63) is 76.7 Å².